The molecule has 0 unspecified atom stereocenters. The number of thioether (sulfide) groups is 1. The fraction of sp³-hybridized carbons (Fsp3) is 0.385. The molecule has 0 fully saturated rings. The molecule has 0 aliphatic carbocycles. The van der Waals surface area contributed by atoms with Crippen molar-refractivity contribution in [2.24, 2.45) is 5.73 Å². The first-order valence-electron chi connectivity index (χ1n) is 6.25. The number of hydrogen-bond acceptors (Lipinski definition) is 4. The lowest BCUT2D eigenvalue weighted by Gasteiger charge is -2.09. The van der Waals surface area contributed by atoms with Crippen LogP contribution >= 0.6 is 11.8 Å². The summed E-state index contributed by atoms with van der Waals surface area (Å²) in [5, 5.41) is 5.62. The monoisotopic (exact) mass is 279 g/mol. The van der Waals surface area contributed by atoms with Crippen molar-refractivity contribution >= 4 is 29.3 Å². The third-order valence-corrected chi connectivity index (χ3v) is 3.84. The molecule has 0 bridgehead atoms. The molecule has 2 rings (SSSR count). The summed E-state index contributed by atoms with van der Waals surface area (Å²) in [6.45, 7) is 1.12. The Kier molecular flexibility index (Phi) is 4.81. The first-order chi connectivity index (χ1) is 9.20. The average molecular weight is 279 g/mol. The van der Waals surface area contributed by atoms with Crippen LogP contribution in [0.4, 0.5) is 5.69 Å². The minimum atomic E-state index is -0.139. The maximum absolute atomic E-state index is 11.9. The molecule has 1 heterocycles. The number of carbonyl (C=O) groups excluding carboxylic acids is 2. The number of benzene rings is 1. The van der Waals surface area contributed by atoms with Crippen molar-refractivity contribution in [2.75, 3.05) is 24.2 Å². The zero-order valence-corrected chi connectivity index (χ0v) is 11.4. The predicted molar refractivity (Wildman–Crippen MR) is 76.4 cm³/mol. The molecule has 1 aliphatic rings. The minimum absolute atomic E-state index is 0.00746. The highest BCUT2D eigenvalue weighted by Gasteiger charge is 2.15. The van der Waals surface area contributed by atoms with E-state index >= 15 is 0 Å². The Morgan fingerprint density at radius 3 is 3.11 bits per heavy atom. The lowest BCUT2D eigenvalue weighted by molar-refractivity contribution is -0.115. The molecule has 4 N–H and O–H groups in total. The number of hydrogen-bond donors (Lipinski definition) is 3. The van der Waals surface area contributed by atoms with E-state index in [0.29, 0.717) is 25.1 Å². The Hall–Kier alpha value is -1.53. The Morgan fingerprint density at radius 2 is 2.32 bits per heavy atom. The van der Waals surface area contributed by atoms with Gasteiger partial charge in [-0.3, -0.25) is 9.59 Å². The van der Waals surface area contributed by atoms with Crippen LogP contribution in [-0.2, 0) is 4.79 Å². The third kappa shape index (κ3) is 3.71. The molecule has 1 aromatic carbocycles. The van der Waals surface area contributed by atoms with Gasteiger partial charge in [-0.2, -0.15) is 0 Å². The summed E-state index contributed by atoms with van der Waals surface area (Å²) in [4.78, 5) is 24.4. The van der Waals surface area contributed by atoms with Crippen molar-refractivity contribution in [1.29, 1.82) is 0 Å². The van der Waals surface area contributed by atoms with Gasteiger partial charge < -0.3 is 16.4 Å². The molecule has 0 radical (unpaired) electrons. The van der Waals surface area contributed by atoms with Crippen molar-refractivity contribution in [3.8, 4) is 0 Å². The van der Waals surface area contributed by atoms with Gasteiger partial charge in [0.1, 0.15) is 0 Å². The van der Waals surface area contributed by atoms with Crippen LogP contribution in [0.1, 0.15) is 23.2 Å². The van der Waals surface area contributed by atoms with Gasteiger partial charge in [0, 0.05) is 29.2 Å². The van der Waals surface area contributed by atoms with Gasteiger partial charge in [-0.1, -0.05) is 0 Å². The lowest BCUT2D eigenvalue weighted by Crippen LogP contribution is -2.26. The number of amides is 2. The van der Waals surface area contributed by atoms with Crippen LogP contribution in [0.3, 0.4) is 0 Å². The highest BCUT2D eigenvalue weighted by molar-refractivity contribution is 7.99. The largest absolute Gasteiger partial charge is 0.352 e. The maximum Gasteiger partial charge on any atom is 0.251 e. The van der Waals surface area contributed by atoms with Gasteiger partial charge >= 0.3 is 0 Å². The SMILES string of the molecule is NCCCNC(=O)c1ccc2c(c1)NC(=O)CCS2. The lowest BCUT2D eigenvalue weighted by atomic mass is 10.2. The van der Waals surface area contributed by atoms with Gasteiger partial charge in [0.2, 0.25) is 5.91 Å². The zero-order valence-electron chi connectivity index (χ0n) is 10.6. The first kappa shape index (κ1) is 13.9. The molecular weight excluding hydrogens is 262 g/mol. The van der Waals surface area contributed by atoms with Crippen LogP contribution in [0.25, 0.3) is 0 Å². The molecule has 0 saturated carbocycles. The molecule has 0 saturated heterocycles. The van der Waals surface area contributed by atoms with Crippen molar-refractivity contribution in [3.63, 3.8) is 0 Å². The minimum Gasteiger partial charge on any atom is -0.352 e. The number of nitrogens with two attached hydrogens (primary N) is 1. The highest BCUT2D eigenvalue weighted by Crippen LogP contribution is 2.31. The van der Waals surface area contributed by atoms with Crippen LogP contribution in [0.15, 0.2) is 23.1 Å². The number of carbonyl (C=O) groups is 2. The molecule has 0 atom stereocenters. The second-order valence-corrected chi connectivity index (χ2v) is 5.39. The smallest absolute Gasteiger partial charge is 0.251 e. The van der Waals surface area contributed by atoms with E-state index in [4.69, 9.17) is 5.73 Å². The molecule has 19 heavy (non-hydrogen) atoms. The van der Waals surface area contributed by atoms with E-state index in [-0.39, 0.29) is 11.8 Å². The van der Waals surface area contributed by atoms with E-state index < -0.39 is 0 Å². The summed E-state index contributed by atoms with van der Waals surface area (Å²) in [6.07, 6.45) is 1.25. The van der Waals surface area contributed by atoms with E-state index in [9.17, 15) is 9.59 Å². The molecule has 5 nitrogen and oxygen atoms in total. The van der Waals surface area contributed by atoms with Crippen molar-refractivity contribution in [1.82, 2.24) is 5.32 Å². The maximum atomic E-state index is 11.9. The van der Waals surface area contributed by atoms with Crippen LogP contribution < -0.4 is 16.4 Å². The standard InChI is InChI=1S/C13H17N3O2S/c14-5-1-6-15-13(18)9-2-3-11-10(8-9)16-12(17)4-7-19-11/h2-3,8H,1,4-7,14H2,(H,15,18)(H,16,17). The molecular formula is C13H17N3O2S. The van der Waals surface area contributed by atoms with E-state index in [1.165, 1.54) is 0 Å². The van der Waals surface area contributed by atoms with Gasteiger partial charge in [-0.05, 0) is 31.2 Å². The second-order valence-electron chi connectivity index (χ2n) is 4.26. The van der Waals surface area contributed by atoms with E-state index in [0.717, 1.165) is 22.8 Å². The summed E-state index contributed by atoms with van der Waals surface area (Å²) in [5.41, 5.74) is 6.65. The summed E-state index contributed by atoms with van der Waals surface area (Å²) >= 11 is 1.62. The molecule has 102 valence electrons. The van der Waals surface area contributed by atoms with Crippen molar-refractivity contribution in [3.05, 3.63) is 23.8 Å². The Morgan fingerprint density at radius 1 is 1.47 bits per heavy atom. The normalized spacial score (nSPS) is 14.3. The van der Waals surface area contributed by atoms with E-state index in [1.807, 2.05) is 6.07 Å². The van der Waals surface area contributed by atoms with Gasteiger partial charge in [-0.25, -0.2) is 0 Å². The number of anilines is 1. The number of fused-ring (bicyclic) bond motifs is 1. The van der Waals surface area contributed by atoms with Crippen LogP contribution in [0, 0.1) is 0 Å². The Bertz CT molecular complexity index is 491. The predicted octanol–water partition coefficient (Wildman–Crippen LogP) is 1.20. The Balaban J connectivity index is 2.11. The van der Waals surface area contributed by atoms with E-state index in [2.05, 4.69) is 10.6 Å². The van der Waals surface area contributed by atoms with Gasteiger partial charge in [-0.15, -0.1) is 11.8 Å². The summed E-state index contributed by atoms with van der Waals surface area (Å²) in [7, 11) is 0. The summed E-state index contributed by atoms with van der Waals surface area (Å²) in [5.74, 6) is 0.618. The topological polar surface area (TPSA) is 84.2 Å². The van der Waals surface area contributed by atoms with Crippen LogP contribution in [0.2, 0.25) is 0 Å². The zero-order chi connectivity index (χ0) is 13.7. The fourth-order valence-corrected chi connectivity index (χ4v) is 2.70. The molecule has 6 heteroatoms. The highest BCUT2D eigenvalue weighted by atomic mass is 32.2. The van der Waals surface area contributed by atoms with Crippen LogP contribution in [-0.4, -0.2) is 30.7 Å². The van der Waals surface area contributed by atoms with Crippen molar-refractivity contribution in [2.45, 2.75) is 17.7 Å². The van der Waals surface area contributed by atoms with E-state index in [1.54, 1.807) is 23.9 Å². The quantitative estimate of drug-likeness (QED) is 0.723. The van der Waals surface area contributed by atoms with Gasteiger partial charge in [0.05, 0.1) is 5.69 Å². The number of rotatable bonds is 4. The summed E-state index contributed by atoms with van der Waals surface area (Å²) in [6, 6.07) is 5.38. The number of nitrogens with one attached hydrogen (secondary N) is 2. The Labute approximate surface area is 116 Å². The van der Waals surface area contributed by atoms with Crippen LogP contribution in [0.5, 0.6) is 0 Å². The third-order valence-electron chi connectivity index (χ3n) is 2.77. The second kappa shape index (κ2) is 6.58. The van der Waals surface area contributed by atoms with Gasteiger partial charge in [0.25, 0.3) is 5.91 Å². The first-order valence-corrected chi connectivity index (χ1v) is 7.24. The molecule has 1 aliphatic heterocycles. The van der Waals surface area contributed by atoms with Crippen molar-refractivity contribution < 1.29 is 9.59 Å². The van der Waals surface area contributed by atoms with Gasteiger partial charge in [0.15, 0.2) is 0 Å². The molecule has 2 amide bonds. The fourth-order valence-electron chi connectivity index (χ4n) is 1.77. The summed E-state index contributed by atoms with van der Waals surface area (Å²) < 4.78 is 0. The molecule has 1 aromatic rings. The molecule has 0 aromatic heterocycles. The molecule has 0 spiro atoms. The average Bonchev–Trinajstić information content (AvgIpc) is 2.58.